The fraction of sp³-hybridized carbons (Fsp3) is 0.0833. The molecule has 1 aliphatic heterocycles. The van der Waals surface area contributed by atoms with Gasteiger partial charge in [0.05, 0.1) is 21.9 Å². The molecular weight excluding hydrogens is 396 g/mol. The van der Waals surface area contributed by atoms with Gasteiger partial charge in [0.2, 0.25) is 5.76 Å². The number of fused-ring (bicyclic) bond motifs is 2. The molecule has 4 aromatic rings. The maximum absolute atomic E-state index is 13.5. The molecular formula is C24H16N2O5. The molecule has 1 atom stereocenters. The van der Waals surface area contributed by atoms with E-state index in [9.17, 15) is 19.7 Å². The van der Waals surface area contributed by atoms with Crippen LogP contribution in [0.4, 0.5) is 11.4 Å². The third kappa shape index (κ3) is 2.90. The molecule has 0 aliphatic carbocycles. The molecule has 1 aromatic heterocycles. The zero-order chi connectivity index (χ0) is 21.7. The zero-order valence-electron chi connectivity index (χ0n) is 16.4. The highest BCUT2D eigenvalue weighted by Crippen LogP contribution is 2.41. The summed E-state index contributed by atoms with van der Waals surface area (Å²) in [6.07, 6.45) is 0. The van der Waals surface area contributed by atoms with Crippen molar-refractivity contribution in [1.82, 2.24) is 0 Å². The second kappa shape index (κ2) is 6.91. The summed E-state index contributed by atoms with van der Waals surface area (Å²) in [6.45, 7) is 1.88. The molecule has 1 amide bonds. The van der Waals surface area contributed by atoms with E-state index in [0.717, 1.165) is 5.56 Å². The molecule has 7 heteroatoms. The van der Waals surface area contributed by atoms with E-state index >= 15 is 0 Å². The van der Waals surface area contributed by atoms with Gasteiger partial charge < -0.3 is 4.42 Å². The zero-order valence-corrected chi connectivity index (χ0v) is 16.4. The molecule has 1 aliphatic rings. The van der Waals surface area contributed by atoms with Crippen LogP contribution in [0.2, 0.25) is 0 Å². The molecule has 5 rings (SSSR count). The third-order valence-electron chi connectivity index (χ3n) is 5.48. The van der Waals surface area contributed by atoms with Crippen molar-refractivity contribution >= 4 is 28.3 Å². The number of aryl methyl sites for hydroxylation is 1. The number of nitro groups is 1. The van der Waals surface area contributed by atoms with Crippen LogP contribution in [0, 0.1) is 17.0 Å². The van der Waals surface area contributed by atoms with E-state index in [1.165, 1.54) is 17.0 Å². The van der Waals surface area contributed by atoms with Crippen LogP contribution in [-0.4, -0.2) is 10.8 Å². The van der Waals surface area contributed by atoms with Gasteiger partial charge in [-0.05, 0) is 48.9 Å². The van der Waals surface area contributed by atoms with Crippen molar-refractivity contribution < 1.29 is 14.1 Å². The number of para-hydroxylation sites is 1. The largest absolute Gasteiger partial charge is 0.450 e. The van der Waals surface area contributed by atoms with Crippen molar-refractivity contribution in [2.75, 3.05) is 4.90 Å². The van der Waals surface area contributed by atoms with Gasteiger partial charge in [-0.2, -0.15) is 0 Å². The highest BCUT2D eigenvalue weighted by molar-refractivity contribution is 6.10. The lowest BCUT2D eigenvalue weighted by molar-refractivity contribution is -0.384. The number of carbonyl (C=O) groups excluding carboxylic acids is 1. The molecule has 0 saturated heterocycles. The Balaban J connectivity index is 1.79. The number of nitro benzene ring substituents is 1. The van der Waals surface area contributed by atoms with E-state index in [2.05, 4.69) is 0 Å². The second-order valence-electron chi connectivity index (χ2n) is 7.44. The van der Waals surface area contributed by atoms with E-state index in [-0.39, 0.29) is 22.4 Å². The van der Waals surface area contributed by atoms with Crippen LogP contribution < -0.4 is 10.3 Å². The molecule has 31 heavy (non-hydrogen) atoms. The number of hydrogen-bond acceptors (Lipinski definition) is 5. The minimum absolute atomic E-state index is 0.00596. The van der Waals surface area contributed by atoms with Crippen molar-refractivity contribution in [2.24, 2.45) is 0 Å². The van der Waals surface area contributed by atoms with E-state index in [1.807, 2.05) is 19.1 Å². The first-order valence-electron chi connectivity index (χ1n) is 9.66. The molecule has 1 unspecified atom stereocenters. The number of carbonyl (C=O) groups is 1. The molecule has 0 N–H and O–H groups in total. The average Bonchev–Trinajstić information content (AvgIpc) is 3.07. The Morgan fingerprint density at radius 2 is 1.68 bits per heavy atom. The Bertz CT molecular complexity index is 1410. The van der Waals surface area contributed by atoms with Gasteiger partial charge in [0.1, 0.15) is 5.58 Å². The van der Waals surface area contributed by atoms with Gasteiger partial charge in [0.25, 0.3) is 11.6 Å². The Labute approximate surface area is 176 Å². The third-order valence-corrected chi connectivity index (χ3v) is 5.48. The Hall–Kier alpha value is -4.26. The summed E-state index contributed by atoms with van der Waals surface area (Å²) in [7, 11) is 0. The Morgan fingerprint density at radius 3 is 2.35 bits per heavy atom. The smallest absolute Gasteiger partial charge is 0.295 e. The van der Waals surface area contributed by atoms with E-state index < -0.39 is 16.9 Å². The van der Waals surface area contributed by atoms with Crippen LogP contribution in [0.25, 0.3) is 11.0 Å². The van der Waals surface area contributed by atoms with Gasteiger partial charge in [-0.25, -0.2) is 0 Å². The lowest BCUT2D eigenvalue weighted by Gasteiger charge is -2.25. The van der Waals surface area contributed by atoms with Crippen molar-refractivity contribution in [2.45, 2.75) is 13.0 Å². The van der Waals surface area contributed by atoms with Gasteiger partial charge >= 0.3 is 0 Å². The predicted molar refractivity (Wildman–Crippen MR) is 115 cm³/mol. The van der Waals surface area contributed by atoms with Gasteiger partial charge in [-0.3, -0.25) is 24.6 Å². The molecule has 2 heterocycles. The predicted octanol–water partition coefficient (Wildman–Crippen LogP) is 4.76. The van der Waals surface area contributed by atoms with E-state index in [0.29, 0.717) is 22.2 Å². The molecule has 0 saturated carbocycles. The summed E-state index contributed by atoms with van der Waals surface area (Å²) in [5.41, 5.74) is 2.32. The number of amides is 1. The number of hydrogen-bond donors (Lipinski definition) is 0. The van der Waals surface area contributed by atoms with Crippen molar-refractivity contribution in [1.29, 1.82) is 0 Å². The summed E-state index contributed by atoms with van der Waals surface area (Å²) in [5, 5.41) is 11.5. The van der Waals surface area contributed by atoms with Gasteiger partial charge in [-0.1, -0.05) is 29.8 Å². The first-order chi connectivity index (χ1) is 15.0. The fourth-order valence-corrected chi connectivity index (χ4v) is 4.04. The normalized spacial score (nSPS) is 15.3. The summed E-state index contributed by atoms with van der Waals surface area (Å²) >= 11 is 0. The second-order valence-corrected chi connectivity index (χ2v) is 7.44. The van der Waals surface area contributed by atoms with Crippen molar-refractivity contribution in [3.8, 4) is 0 Å². The Kier molecular flexibility index (Phi) is 4.18. The molecule has 7 nitrogen and oxygen atoms in total. The van der Waals surface area contributed by atoms with Crippen molar-refractivity contribution in [3.63, 3.8) is 0 Å². The maximum Gasteiger partial charge on any atom is 0.295 e. The van der Waals surface area contributed by atoms with Crippen LogP contribution >= 0.6 is 0 Å². The lowest BCUT2D eigenvalue weighted by Crippen LogP contribution is -2.29. The van der Waals surface area contributed by atoms with E-state index in [4.69, 9.17) is 4.42 Å². The Morgan fingerprint density at radius 1 is 0.968 bits per heavy atom. The monoisotopic (exact) mass is 412 g/mol. The fourth-order valence-electron chi connectivity index (χ4n) is 4.04. The number of non-ortho nitro benzene ring substituents is 1. The number of nitrogens with zero attached hydrogens (tertiary/aromatic N) is 2. The minimum atomic E-state index is -0.758. The first kappa shape index (κ1) is 18.7. The van der Waals surface area contributed by atoms with Crippen LogP contribution in [0.5, 0.6) is 0 Å². The first-order valence-corrected chi connectivity index (χ1v) is 9.66. The SMILES string of the molecule is Cc1ccc2oc3c(c(=O)c2c1)C(c1ccc([N+](=O)[O-])cc1)N(c1ccccc1)C3=O. The van der Waals surface area contributed by atoms with Gasteiger partial charge in [0.15, 0.2) is 5.43 Å². The summed E-state index contributed by atoms with van der Waals surface area (Å²) in [5.74, 6) is -0.433. The topological polar surface area (TPSA) is 93.7 Å². The quantitative estimate of drug-likeness (QED) is 0.357. The molecule has 3 aromatic carbocycles. The number of benzene rings is 3. The van der Waals surface area contributed by atoms with Crippen LogP contribution in [0.3, 0.4) is 0 Å². The molecule has 152 valence electrons. The highest BCUT2D eigenvalue weighted by atomic mass is 16.6. The van der Waals surface area contributed by atoms with Gasteiger partial charge in [-0.15, -0.1) is 0 Å². The standard InChI is InChI=1S/C24H16N2O5/c1-14-7-12-19-18(13-14)22(27)20-21(15-8-10-17(11-9-15)26(29)30)25(24(28)23(20)31-19)16-5-3-2-4-6-16/h2-13,21H,1H3. The summed E-state index contributed by atoms with van der Waals surface area (Å²) in [6, 6.07) is 19.3. The minimum Gasteiger partial charge on any atom is -0.450 e. The average molecular weight is 412 g/mol. The van der Waals surface area contributed by atoms with Gasteiger partial charge in [0, 0.05) is 17.8 Å². The molecule has 0 fully saturated rings. The number of anilines is 1. The van der Waals surface area contributed by atoms with E-state index in [1.54, 1.807) is 48.5 Å². The molecule has 0 spiro atoms. The lowest BCUT2D eigenvalue weighted by atomic mass is 9.97. The van der Waals surface area contributed by atoms with Crippen LogP contribution in [0.1, 0.15) is 33.3 Å². The van der Waals surface area contributed by atoms with Crippen molar-refractivity contribution in [3.05, 3.63) is 116 Å². The summed E-state index contributed by atoms with van der Waals surface area (Å²) < 4.78 is 5.92. The highest BCUT2D eigenvalue weighted by Gasteiger charge is 2.43. The number of rotatable bonds is 3. The maximum atomic E-state index is 13.5. The van der Waals surface area contributed by atoms with Crippen LogP contribution in [-0.2, 0) is 0 Å². The van der Waals surface area contributed by atoms with Crippen LogP contribution in [0.15, 0.2) is 82.0 Å². The summed E-state index contributed by atoms with van der Waals surface area (Å²) in [4.78, 5) is 39.0. The molecule has 0 radical (unpaired) electrons. The molecule has 0 bridgehead atoms.